The molecule has 1 N–H and O–H groups in total. The maximum Gasteiger partial charge on any atom is 0.335 e. The first-order chi connectivity index (χ1) is 7.70. The minimum atomic E-state index is -0.828. The number of allylic oxidation sites excluding steroid dienone is 2. The monoisotopic (exact) mass is 216 g/mol. The molecule has 16 heavy (non-hydrogen) atoms. The molecule has 0 aromatic heterocycles. The molecule has 0 spiro atoms. The average molecular weight is 216 g/mol. The molecule has 0 heterocycles. The van der Waals surface area contributed by atoms with Crippen LogP contribution in [0.3, 0.4) is 0 Å². The van der Waals surface area contributed by atoms with Crippen LogP contribution in [0, 0.1) is 6.92 Å². The summed E-state index contributed by atoms with van der Waals surface area (Å²) in [6, 6.07) is 5.59. The number of carboxylic acids is 1. The van der Waals surface area contributed by atoms with Crippen LogP contribution in [-0.2, 0) is 0 Å². The van der Waals surface area contributed by atoms with Crippen molar-refractivity contribution >= 4 is 5.97 Å². The molecule has 1 unspecified atom stereocenters. The van der Waals surface area contributed by atoms with Gasteiger partial charge < -0.3 is 5.11 Å². The standard InChI is InChI=1S/C14H16O2/c1-10-12(11-6-3-2-4-7-11)8-5-9-13(10)14(15)16/h2-3,5,8-9,11H,4,6-7H2,1H3,(H,15,16). The number of carboxylic acid groups (broad SMARTS) is 1. The van der Waals surface area contributed by atoms with Gasteiger partial charge in [-0.15, -0.1) is 0 Å². The van der Waals surface area contributed by atoms with E-state index in [1.807, 2.05) is 13.0 Å². The molecular weight excluding hydrogens is 200 g/mol. The third-order valence-corrected chi connectivity index (χ3v) is 3.31. The van der Waals surface area contributed by atoms with Crippen molar-refractivity contribution in [1.29, 1.82) is 0 Å². The largest absolute Gasteiger partial charge is 0.478 e. The topological polar surface area (TPSA) is 37.3 Å². The molecule has 0 radical (unpaired) electrons. The maximum atomic E-state index is 11.0. The highest BCUT2D eigenvalue weighted by atomic mass is 16.4. The van der Waals surface area contributed by atoms with Crippen LogP contribution < -0.4 is 0 Å². The van der Waals surface area contributed by atoms with Crippen LogP contribution in [-0.4, -0.2) is 11.1 Å². The van der Waals surface area contributed by atoms with Crippen molar-refractivity contribution in [3.8, 4) is 0 Å². The lowest BCUT2D eigenvalue weighted by Gasteiger charge is -2.21. The maximum absolute atomic E-state index is 11.0. The number of aromatic carboxylic acids is 1. The fourth-order valence-electron chi connectivity index (χ4n) is 2.40. The minimum absolute atomic E-state index is 0.437. The summed E-state index contributed by atoms with van der Waals surface area (Å²) in [7, 11) is 0. The summed E-state index contributed by atoms with van der Waals surface area (Å²) < 4.78 is 0. The van der Waals surface area contributed by atoms with E-state index >= 15 is 0 Å². The third-order valence-electron chi connectivity index (χ3n) is 3.31. The van der Waals surface area contributed by atoms with Crippen molar-refractivity contribution in [3.05, 3.63) is 47.0 Å². The molecule has 1 aromatic carbocycles. The second-order valence-corrected chi connectivity index (χ2v) is 4.31. The SMILES string of the molecule is Cc1c(C(=O)O)cccc1C1CC=CCC1. The molecule has 1 atom stereocenters. The van der Waals surface area contributed by atoms with Gasteiger partial charge in [0.2, 0.25) is 0 Å². The van der Waals surface area contributed by atoms with Crippen molar-refractivity contribution in [1.82, 2.24) is 0 Å². The zero-order valence-corrected chi connectivity index (χ0v) is 9.44. The van der Waals surface area contributed by atoms with Crippen molar-refractivity contribution < 1.29 is 9.90 Å². The summed E-state index contributed by atoms with van der Waals surface area (Å²) in [5.41, 5.74) is 2.56. The Balaban J connectivity index is 2.37. The lowest BCUT2D eigenvalue weighted by Crippen LogP contribution is -2.07. The predicted octanol–water partition coefficient (Wildman–Crippen LogP) is 3.52. The Morgan fingerprint density at radius 2 is 2.19 bits per heavy atom. The van der Waals surface area contributed by atoms with E-state index in [0.717, 1.165) is 24.8 Å². The Morgan fingerprint density at radius 3 is 2.81 bits per heavy atom. The van der Waals surface area contributed by atoms with Gasteiger partial charge in [0.15, 0.2) is 0 Å². The summed E-state index contributed by atoms with van der Waals surface area (Å²) in [6.45, 7) is 1.91. The first-order valence-electron chi connectivity index (χ1n) is 5.68. The normalized spacial score (nSPS) is 19.7. The van der Waals surface area contributed by atoms with Gasteiger partial charge in [0.05, 0.1) is 5.56 Å². The van der Waals surface area contributed by atoms with Gasteiger partial charge in [-0.1, -0.05) is 24.3 Å². The van der Waals surface area contributed by atoms with Gasteiger partial charge in [0.1, 0.15) is 0 Å². The summed E-state index contributed by atoms with van der Waals surface area (Å²) >= 11 is 0. The zero-order chi connectivity index (χ0) is 11.5. The molecule has 2 nitrogen and oxygen atoms in total. The zero-order valence-electron chi connectivity index (χ0n) is 9.44. The lowest BCUT2D eigenvalue weighted by atomic mass is 9.84. The van der Waals surface area contributed by atoms with Crippen LogP contribution in [0.15, 0.2) is 30.4 Å². The fraction of sp³-hybridized carbons (Fsp3) is 0.357. The molecule has 0 saturated heterocycles. The van der Waals surface area contributed by atoms with E-state index in [1.165, 1.54) is 5.56 Å². The van der Waals surface area contributed by atoms with Crippen molar-refractivity contribution in [2.75, 3.05) is 0 Å². The van der Waals surface area contributed by atoms with Crippen molar-refractivity contribution in [3.63, 3.8) is 0 Å². The summed E-state index contributed by atoms with van der Waals surface area (Å²) in [5, 5.41) is 9.07. The minimum Gasteiger partial charge on any atom is -0.478 e. The van der Waals surface area contributed by atoms with Crippen LogP contribution in [0.1, 0.15) is 46.7 Å². The average Bonchev–Trinajstić information content (AvgIpc) is 2.30. The molecular formula is C14H16O2. The van der Waals surface area contributed by atoms with Gasteiger partial charge in [0.25, 0.3) is 0 Å². The van der Waals surface area contributed by atoms with Crippen molar-refractivity contribution in [2.24, 2.45) is 0 Å². The smallest absolute Gasteiger partial charge is 0.335 e. The Labute approximate surface area is 95.6 Å². The number of hydrogen-bond acceptors (Lipinski definition) is 1. The van der Waals surface area contributed by atoms with Gasteiger partial charge in [-0.25, -0.2) is 4.79 Å². The summed E-state index contributed by atoms with van der Waals surface area (Å²) in [6.07, 6.45) is 7.65. The van der Waals surface area contributed by atoms with Crippen LogP contribution >= 0.6 is 0 Å². The highest BCUT2D eigenvalue weighted by Gasteiger charge is 2.17. The molecule has 0 aliphatic heterocycles. The summed E-state index contributed by atoms with van der Waals surface area (Å²) in [5.74, 6) is -0.338. The molecule has 2 rings (SSSR count). The van der Waals surface area contributed by atoms with E-state index in [-0.39, 0.29) is 0 Å². The van der Waals surface area contributed by atoms with Gasteiger partial charge >= 0.3 is 5.97 Å². The van der Waals surface area contributed by atoms with Gasteiger partial charge in [-0.3, -0.25) is 0 Å². The van der Waals surface area contributed by atoms with E-state index in [2.05, 4.69) is 18.2 Å². The van der Waals surface area contributed by atoms with E-state index in [1.54, 1.807) is 6.07 Å². The van der Waals surface area contributed by atoms with Gasteiger partial charge in [-0.2, -0.15) is 0 Å². The van der Waals surface area contributed by atoms with E-state index < -0.39 is 5.97 Å². The third kappa shape index (κ3) is 2.01. The Morgan fingerprint density at radius 1 is 1.38 bits per heavy atom. The Kier molecular flexibility index (Phi) is 3.09. The van der Waals surface area contributed by atoms with E-state index in [9.17, 15) is 4.79 Å². The highest BCUT2D eigenvalue weighted by molar-refractivity contribution is 5.89. The first-order valence-corrected chi connectivity index (χ1v) is 5.68. The van der Waals surface area contributed by atoms with Crippen LogP contribution in [0.4, 0.5) is 0 Å². The Hall–Kier alpha value is -1.57. The van der Waals surface area contributed by atoms with Gasteiger partial charge in [0, 0.05) is 0 Å². The molecule has 1 aromatic rings. The lowest BCUT2D eigenvalue weighted by molar-refractivity contribution is 0.0696. The first kappa shape index (κ1) is 10.9. The van der Waals surface area contributed by atoms with E-state index in [4.69, 9.17) is 5.11 Å². The second-order valence-electron chi connectivity index (χ2n) is 4.31. The quantitative estimate of drug-likeness (QED) is 0.768. The molecule has 1 aliphatic rings. The second kappa shape index (κ2) is 4.52. The molecule has 0 saturated carbocycles. The fourth-order valence-corrected chi connectivity index (χ4v) is 2.40. The summed E-state index contributed by atoms with van der Waals surface area (Å²) in [4.78, 5) is 11.0. The molecule has 0 amide bonds. The number of carbonyl (C=O) groups is 1. The number of benzene rings is 1. The Bertz CT molecular complexity index is 432. The van der Waals surface area contributed by atoms with E-state index in [0.29, 0.717) is 11.5 Å². The number of rotatable bonds is 2. The van der Waals surface area contributed by atoms with Crippen LogP contribution in [0.25, 0.3) is 0 Å². The van der Waals surface area contributed by atoms with Gasteiger partial charge in [-0.05, 0) is 49.3 Å². The number of hydrogen-bond donors (Lipinski definition) is 1. The molecule has 2 heteroatoms. The van der Waals surface area contributed by atoms with Crippen LogP contribution in [0.5, 0.6) is 0 Å². The molecule has 0 fully saturated rings. The molecule has 1 aliphatic carbocycles. The highest BCUT2D eigenvalue weighted by Crippen LogP contribution is 2.32. The van der Waals surface area contributed by atoms with Crippen LogP contribution in [0.2, 0.25) is 0 Å². The molecule has 84 valence electrons. The predicted molar refractivity (Wildman–Crippen MR) is 63.9 cm³/mol. The van der Waals surface area contributed by atoms with Crippen molar-refractivity contribution in [2.45, 2.75) is 32.1 Å². The molecule has 0 bridgehead atoms.